The summed E-state index contributed by atoms with van der Waals surface area (Å²) in [7, 11) is 4.86. The Hall–Kier alpha value is -2.80. The number of ether oxygens (including phenoxy) is 8. The zero-order valence-corrected chi connectivity index (χ0v) is 35.2. The second kappa shape index (κ2) is 22.5. The van der Waals surface area contributed by atoms with Crippen molar-refractivity contribution in [3.8, 4) is 0 Å². The number of aliphatic hydroxyl groups is 3. The van der Waals surface area contributed by atoms with Gasteiger partial charge in [0.2, 0.25) is 0 Å². The van der Waals surface area contributed by atoms with Crippen molar-refractivity contribution < 1.29 is 72.4 Å². The molecule has 0 aromatic carbocycles. The lowest BCUT2D eigenvalue weighted by atomic mass is 9.82. The van der Waals surface area contributed by atoms with Crippen LogP contribution >= 0.6 is 0 Å². The third-order valence-corrected chi connectivity index (χ3v) is 10.9. The van der Waals surface area contributed by atoms with Crippen LogP contribution in [0.3, 0.4) is 0 Å². The Morgan fingerprint density at radius 3 is 2.23 bits per heavy atom. The molecule has 0 saturated carbocycles. The number of likely N-dealkylation sites (N-methyl/N-ethyl adjacent to an activating group) is 1. The van der Waals surface area contributed by atoms with Crippen molar-refractivity contribution in [3.05, 3.63) is 24.3 Å². The maximum absolute atomic E-state index is 13.3. The van der Waals surface area contributed by atoms with E-state index in [4.69, 9.17) is 37.9 Å². The molecule has 16 heteroatoms. The number of aliphatic hydroxyl groups excluding tert-OH is 2. The summed E-state index contributed by atoms with van der Waals surface area (Å²) >= 11 is 0. The Morgan fingerprint density at radius 2 is 1.63 bits per heavy atom. The molecule has 0 aliphatic carbocycles. The number of cyclic esters (lactones) is 1. The first kappa shape index (κ1) is 48.6. The maximum atomic E-state index is 13.3. The van der Waals surface area contributed by atoms with Crippen molar-refractivity contribution in [3.63, 3.8) is 0 Å². The Labute approximate surface area is 337 Å². The molecule has 16 atom stereocenters. The molecule has 57 heavy (non-hydrogen) atoms. The van der Waals surface area contributed by atoms with Crippen molar-refractivity contribution in [1.82, 2.24) is 4.90 Å². The Morgan fingerprint density at radius 1 is 0.965 bits per heavy atom. The minimum atomic E-state index is -1.49. The number of carbonyl (C=O) groups is 4. The van der Waals surface area contributed by atoms with Gasteiger partial charge in [0.1, 0.15) is 42.4 Å². The van der Waals surface area contributed by atoms with Gasteiger partial charge in [-0.1, -0.05) is 45.1 Å². The summed E-state index contributed by atoms with van der Waals surface area (Å²) in [5.74, 6) is -2.82. The minimum Gasteiger partial charge on any atom is -0.462 e. The average molecular weight is 814 g/mol. The number of esters is 3. The summed E-state index contributed by atoms with van der Waals surface area (Å²) in [5, 5.41) is 34.5. The third kappa shape index (κ3) is 13.6. The van der Waals surface area contributed by atoms with Crippen molar-refractivity contribution in [2.45, 2.75) is 179 Å². The lowest BCUT2D eigenvalue weighted by molar-refractivity contribution is -0.344. The van der Waals surface area contributed by atoms with Gasteiger partial charge in [0.15, 0.2) is 18.7 Å². The maximum Gasteiger partial charge on any atom is 0.309 e. The molecule has 3 aliphatic heterocycles. The monoisotopic (exact) mass is 813 g/mol. The normalized spacial score (nSPS) is 41.1. The van der Waals surface area contributed by atoms with Gasteiger partial charge in [-0.3, -0.25) is 14.4 Å². The van der Waals surface area contributed by atoms with Crippen LogP contribution in [-0.4, -0.2) is 151 Å². The molecule has 3 aliphatic rings. The van der Waals surface area contributed by atoms with Crippen LogP contribution in [0.15, 0.2) is 24.3 Å². The summed E-state index contributed by atoms with van der Waals surface area (Å²) < 4.78 is 48.5. The first-order chi connectivity index (χ1) is 26.9. The van der Waals surface area contributed by atoms with E-state index in [2.05, 4.69) is 0 Å². The van der Waals surface area contributed by atoms with Gasteiger partial charge >= 0.3 is 17.9 Å². The molecule has 326 valence electrons. The molecule has 0 aromatic heterocycles. The van der Waals surface area contributed by atoms with Gasteiger partial charge in [-0.15, -0.1) is 0 Å². The largest absolute Gasteiger partial charge is 0.462 e. The molecule has 0 bridgehead atoms. The summed E-state index contributed by atoms with van der Waals surface area (Å²) in [6, 6.07) is -0.779. The van der Waals surface area contributed by atoms with Gasteiger partial charge in [-0.25, -0.2) is 0 Å². The quantitative estimate of drug-likeness (QED) is 0.147. The molecule has 2 fully saturated rings. The van der Waals surface area contributed by atoms with E-state index in [1.54, 1.807) is 78.8 Å². The highest BCUT2D eigenvalue weighted by molar-refractivity contribution is 5.72. The Bertz CT molecular complexity index is 1350. The molecule has 3 heterocycles. The third-order valence-electron chi connectivity index (χ3n) is 10.9. The fourth-order valence-corrected chi connectivity index (χ4v) is 7.82. The molecule has 0 amide bonds. The zero-order valence-electron chi connectivity index (χ0n) is 35.2. The van der Waals surface area contributed by atoms with Crippen LogP contribution in [-0.2, 0) is 57.1 Å². The van der Waals surface area contributed by atoms with E-state index < -0.39 is 121 Å². The molecule has 0 unspecified atom stereocenters. The van der Waals surface area contributed by atoms with E-state index >= 15 is 0 Å². The predicted octanol–water partition coefficient (Wildman–Crippen LogP) is 2.77. The zero-order chi connectivity index (χ0) is 42.6. The fraction of sp³-hybridized carbons (Fsp3) is 0.805. The van der Waals surface area contributed by atoms with Gasteiger partial charge in [0.05, 0.1) is 36.9 Å². The molecule has 2 saturated heterocycles. The first-order valence-corrected chi connectivity index (χ1v) is 20.1. The Balaban J connectivity index is 2.01. The molecular weight excluding hydrogens is 746 g/mol. The minimum absolute atomic E-state index is 0.000633. The molecule has 16 nitrogen and oxygen atoms in total. The van der Waals surface area contributed by atoms with Crippen LogP contribution in [0, 0.1) is 11.8 Å². The highest BCUT2D eigenvalue weighted by atomic mass is 16.7. The van der Waals surface area contributed by atoms with E-state index in [1.807, 2.05) is 13.0 Å². The van der Waals surface area contributed by atoms with Crippen molar-refractivity contribution in [2.75, 3.05) is 21.2 Å². The Kier molecular flexibility index (Phi) is 19.2. The number of hydrogen-bond acceptors (Lipinski definition) is 16. The number of aldehydes is 1. The molecular formula is C41H67NO15. The van der Waals surface area contributed by atoms with Crippen LogP contribution in [0.5, 0.6) is 0 Å². The van der Waals surface area contributed by atoms with Crippen LogP contribution in [0.4, 0.5) is 0 Å². The van der Waals surface area contributed by atoms with Crippen molar-refractivity contribution in [1.29, 1.82) is 0 Å². The van der Waals surface area contributed by atoms with E-state index in [-0.39, 0.29) is 32.1 Å². The van der Waals surface area contributed by atoms with E-state index in [0.29, 0.717) is 12.7 Å². The lowest BCUT2D eigenvalue weighted by Gasteiger charge is -2.50. The molecule has 3 rings (SSSR count). The molecule has 0 spiro atoms. The highest BCUT2D eigenvalue weighted by Crippen LogP contribution is 2.37. The smallest absolute Gasteiger partial charge is 0.309 e. The van der Waals surface area contributed by atoms with E-state index in [0.717, 1.165) is 0 Å². The highest BCUT2D eigenvalue weighted by Gasteiger charge is 2.53. The van der Waals surface area contributed by atoms with Gasteiger partial charge in [-0.2, -0.15) is 0 Å². The van der Waals surface area contributed by atoms with E-state index in [9.17, 15) is 34.5 Å². The number of nitrogens with zero attached hydrogens (tertiary/aromatic N) is 1. The molecule has 0 radical (unpaired) electrons. The summed E-state index contributed by atoms with van der Waals surface area (Å²) in [4.78, 5) is 52.3. The number of carbonyl (C=O) groups excluding carboxylic acids is 4. The summed E-state index contributed by atoms with van der Waals surface area (Å²) in [6.07, 6.45) is -4.08. The standard InChI is InChI=1S/C41H67NO15/c1-11-30(45)54-29-21-32(47)51-24(4)16-14-13-15-17-28(44)23(3)20-27(18-19-43)37(38(29)50-10)57-40-35(48)34(42(8)9)36(25(5)53-40)56-33-22-41(7,49)39(26(6)52-33)55-31(46)12-2/h13-15,17,19,23-29,33-40,44,48-49H,11-12,16,18,20-22H2,1-10H3/b14-13+,17-15-/t23-,24-,25-,26-,27+,28+,29-,33+,34-,35-,36-,37-,38+,39-,40+,41-/m1/s1. The molecule has 3 N–H and O–H groups in total. The van der Waals surface area contributed by atoms with Crippen LogP contribution < -0.4 is 0 Å². The van der Waals surface area contributed by atoms with E-state index in [1.165, 1.54) is 7.11 Å². The van der Waals surface area contributed by atoms with Crippen LogP contribution in [0.25, 0.3) is 0 Å². The second-order valence-electron chi connectivity index (χ2n) is 16.0. The lowest BCUT2D eigenvalue weighted by Crippen LogP contribution is -2.66. The van der Waals surface area contributed by atoms with Gasteiger partial charge in [-0.05, 0) is 60.0 Å². The van der Waals surface area contributed by atoms with Gasteiger partial charge < -0.3 is 62.9 Å². The number of rotatable bonds is 12. The predicted molar refractivity (Wildman–Crippen MR) is 205 cm³/mol. The van der Waals surface area contributed by atoms with Crippen LogP contribution in [0.2, 0.25) is 0 Å². The summed E-state index contributed by atoms with van der Waals surface area (Å²) in [6.45, 7) is 11.8. The van der Waals surface area contributed by atoms with Crippen LogP contribution in [0.1, 0.15) is 93.4 Å². The fourth-order valence-electron chi connectivity index (χ4n) is 7.82. The average Bonchev–Trinajstić information content (AvgIpc) is 3.13. The molecule has 0 aromatic rings. The second-order valence-corrected chi connectivity index (χ2v) is 16.0. The van der Waals surface area contributed by atoms with Crippen molar-refractivity contribution in [2.24, 2.45) is 11.8 Å². The number of methoxy groups -OCH3 is 1. The summed E-state index contributed by atoms with van der Waals surface area (Å²) in [5.41, 5.74) is -1.49. The number of allylic oxidation sites excluding steroid dienone is 2. The van der Waals surface area contributed by atoms with Gasteiger partial charge in [0.25, 0.3) is 0 Å². The SMILES string of the molecule is CCC(=O)O[C@@H]1[C@@H](C)O[C@@H](O[C@H]2[C@H](N(C)C)[C@@H](O)[C@H](O[C@@H]3[C@@H](CC=O)C[C@@H](C)[C@@H](O)/C=C\C=C\C[C@@H](C)OC(=O)C[C@@H](OC(=O)CC)[C@@H]3OC)O[C@@H]2C)C[C@@]1(C)O. The number of hydrogen-bond donors (Lipinski definition) is 3. The first-order valence-electron chi connectivity index (χ1n) is 20.1. The van der Waals surface area contributed by atoms with Crippen molar-refractivity contribution >= 4 is 24.2 Å². The van der Waals surface area contributed by atoms with Gasteiger partial charge in [0, 0.05) is 39.2 Å². The topological polar surface area (TPSA) is 206 Å².